The summed E-state index contributed by atoms with van der Waals surface area (Å²) in [4.78, 5) is 17.6. The van der Waals surface area contributed by atoms with Crippen LogP contribution in [0, 0.1) is 5.92 Å². The normalized spacial score (nSPS) is 18.8. The summed E-state index contributed by atoms with van der Waals surface area (Å²) in [5.74, 6) is 1.68. The third kappa shape index (κ3) is 5.40. The Hall–Kier alpha value is -2.72. The molecular weight excluding hydrogens is 346 g/mol. The van der Waals surface area contributed by atoms with Gasteiger partial charge < -0.3 is 10.3 Å². The van der Waals surface area contributed by atoms with Crippen LogP contribution < -0.4 is 5.32 Å². The van der Waals surface area contributed by atoms with E-state index in [-0.39, 0.29) is 0 Å². The molecule has 1 saturated carbocycles. The number of aromatic nitrogens is 2. The van der Waals surface area contributed by atoms with Crippen LogP contribution in [0.4, 0.5) is 0 Å². The van der Waals surface area contributed by atoms with Crippen molar-refractivity contribution in [2.45, 2.75) is 31.6 Å². The Balaban J connectivity index is 0.000000162. The molecule has 2 heterocycles. The van der Waals surface area contributed by atoms with E-state index in [1.54, 1.807) is 6.20 Å². The quantitative estimate of drug-likeness (QED) is 0.612. The van der Waals surface area contributed by atoms with Gasteiger partial charge in [0.25, 0.3) is 0 Å². The van der Waals surface area contributed by atoms with Gasteiger partial charge in [-0.25, -0.2) is 0 Å². The molecule has 3 aromatic rings. The predicted molar refractivity (Wildman–Crippen MR) is 114 cm³/mol. The van der Waals surface area contributed by atoms with Crippen molar-refractivity contribution in [2.24, 2.45) is 5.92 Å². The number of carbonyl (C=O) groups excluding carboxylic acids is 1. The highest BCUT2D eigenvalue weighted by molar-refractivity contribution is 5.87. The minimum absolute atomic E-state index is 0.700. The molecule has 1 fully saturated rings. The smallest absolute Gasteiger partial charge is 0.152 e. The molecule has 1 aromatic carbocycles. The van der Waals surface area contributed by atoms with Crippen LogP contribution in [0.2, 0.25) is 0 Å². The van der Waals surface area contributed by atoms with E-state index in [0.717, 1.165) is 29.2 Å². The number of carbonyl (C=O) groups is 1. The van der Waals surface area contributed by atoms with Gasteiger partial charge in [0, 0.05) is 35.9 Å². The van der Waals surface area contributed by atoms with E-state index in [2.05, 4.69) is 34.5 Å². The summed E-state index contributed by atoms with van der Waals surface area (Å²) in [6.07, 6.45) is 13.6. The van der Waals surface area contributed by atoms with Crippen LogP contribution in [-0.2, 0) is 0 Å². The first-order valence-corrected chi connectivity index (χ1v) is 10.0. The summed E-state index contributed by atoms with van der Waals surface area (Å²) >= 11 is 0. The van der Waals surface area contributed by atoms with Crippen LogP contribution in [-0.4, -0.2) is 29.8 Å². The van der Waals surface area contributed by atoms with Crippen molar-refractivity contribution in [2.75, 3.05) is 13.6 Å². The van der Waals surface area contributed by atoms with E-state index in [9.17, 15) is 4.79 Å². The average Bonchev–Trinajstić information content (AvgIpc) is 3.25. The Morgan fingerprint density at radius 2 is 1.75 bits per heavy atom. The summed E-state index contributed by atoms with van der Waals surface area (Å²) < 4.78 is 0. The van der Waals surface area contributed by atoms with Crippen molar-refractivity contribution in [1.82, 2.24) is 15.3 Å². The summed E-state index contributed by atoms with van der Waals surface area (Å²) in [5.41, 5.74) is 4.19. The van der Waals surface area contributed by atoms with E-state index in [1.165, 1.54) is 37.8 Å². The lowest BCUT2D eigenvalue weighted by Gasteiger charge is -2.28. The summed E-state index contributed by atoms with van der Waals surface area (Å²) in [5, 5.41) is 3.28. The Morgan fingerprint density at radius 1 is 1.04 bits per heavy atom. The van der Waals surface area contributed by atoms with E-state index >= 15 is 0 Å². The van der Waals surface area contributed by atoms with Gasteiger partial charge in [-0.2, -0.15) is 0 Å². The number of hydrogen-bond donors (Lipinski definition) is 2. The Labute approximate surface area is 167 Å². The lowest BCUT2D eigenvalue weighted by Crippen LogP contribution is -2.23. The molecule has 28 heavy (non-hydrogen) atoms. The van der Waals surface area contributed by atoms with Crippen LogP contribution in [0.3, 0.4) is 0 Å². The van der Waals surface area contributed by atoms with Crippen molar-refractivity contribution < 1.29 is 4.79 Å². The van der Waals surface area contributed by atoms with Gasteiger partial charge in [0.05, 0.1) is 0 Å². The maximum atomic E-state index is 10.6. The van der Waals surface area contributed by atoms with Crippen molar-refractivity contribution in [3.05, 3.63) is 78.4 Å². The number of H-pyrrole nitrogens is 1. The number of pyridine rings is 1. The van der Waals surface area contributed by atoms with Crippen molar-refractivity contribution >= 4 is 6.29 Å². The molecule has 0 spiro atoms. The van der Waals surface area contributed by atoms with Gasteiger partial charge in [-0.3, -0.25) is 9.78 Å². The number of nitrogens with zero attached hydrogens (tertiary/aromatic N) is 1. The minimum atomic E-state index is 0.700. The van der Waals surface area contributed by atoms with Gasteiger partial charge >= 0.3 is 0 Å². The minimum Gasteiger partial charge on any atom is -0.366 e. The Kier molecular flexibility index (Phi) is 7.56. The summed E-state index contributed by atoms with van der Waals surface area (Å²) in [6, 6.07) is 14.2. The molecule has 146 valence electrons. The zero-order chi connectivity index (χ0) is 19.6. The average molecular weight is 376 g/mol. The van der Waals surface area contributed by atoms with Gasteiger partial charge in [-0.1, -0.05) is 30.3 Å². The van der Waals surface area contributed by atoms with Crippen molar-refractivity contribution in [1.29, 1.82) is 0 Å². The van der Waals surface area contributed by atoms with Crippen LogP contribution >= 0.6 is 0 Å². The molecule has 0 radical (unpaired) electrons. The van der Waals surface area contributed by atoms with Gasteiger partial charge in [0.15, 0.2) is 6.29 Å². The summed E-state index contributed by atoms with van der Waals surface area (Å²) in [7, 11) is 2.05. The number of aldehydes is 1. The second-order valence-electron chi connectivity index (χ2n) is 7.36. The van der Waals surface area contributed by atoms with Gasteiger partial charge in [-0.15, -0.1) is 0 Å². The SMILES string of the molecule is CNCC1CCC(c2ccncc2)CC1.O=Cc1c[nH]cc1-c1ccccc1. The first kappa shape index (κ1) is 20.0. The van der Waals surface area contributed by atoms with Gasteiger partial charge in [0.1, 0.15) is 0 Å². The molecule has 0 saturated heterocycles. The highest BCUT2D eigenvalue weighted by Crippen LogP contribution is 2.35. The molecular formula is C24H29N3O. The Bertz CT molecular complexity index is 821. The topological polar surface area (TPSA) is 57.8 Å². The maximum absolute atomic E-state index is 10.6. The summed E-state index contributed by atoms with van der Waals surface area (Å²) in [6.45, 7) is 1.18. The molecule has 0 unspecified atom stereocenters. The van der Waals surface area contributed by atoms with E-state index in [4.69, 9.17) is 0 Å². The monoisotopic (exact) mass is 375 g/mol. The molecule has 4 nitrogen and oxygen atoms in total. The second kappa shape index (κ2) is 10.6. The van der Waals surface area contributed by atoms with Crippen LogP contribution in [0.15, 0.2) is 67.3 Å². The van der Waals surface area contributed by atoms with Crippen LogP contribution in [0.1, 0.15) is 47.5 Å². The van der Waals surface area contributed by atoms with Crippen LogP contribution in [0.5, 0.6) is 0 Å². The van der Waals surface area contributed by atoms with Gasteiger partial charge in [0.2, 0.25) is 0 Å². The zero-order valence-electron chi connectivity index (χ0n) is 16.5. The third-order valence-electron chi connectivity index (χ3n) is 5.51. The molecule has 4 heteroatoms. The fourth-order valence-electron chi connectivity index (χ4n) is 3.97. The van der Waals surface area contributed by atoms with Crippen molar-refractivity contribution in [3.63, 3.8) is 0 Å². The molecule has 0 atom stereocenters. The largest absolute Gasteiger partial charge is 0.366 e. The predicted octanol–water partition coefficient (Wildman–Crippen LogP) is 5.07. The fraction of sp³-hybridized carbons (Fsp3) is 0.333. The van der Waals surface area contributed by atoms with Crippen LogP contribution in [0.25, 0.3) is 11.1 Å². The number of rotatable bonds is 5. The molecule has 0 bridgehead atoms. The van der Waals surface area contributed by atoms with E-state index in [1.807, 2.05) is 48.9 Å². The molecule has 2 aromatic heterocycles. The maximum Gasteiger partial charge on any atom is 0.152 e. The number of hydrogen-bond acceptors (Lipinski definition) is 3. The molecule has 0 amide bonds. The van der Waals surface area contributed by atoms with E-state index in [0.29, 0.717) is 5.56 Å². The highest BCUT2D eigenvalue weighted by Gasteiger charge is 2.21. The number of aromatic amines is 1. The lowest BCUT2D eigenvalue weighted by atomic mass is 9.79. The molecule has 1 aliphatic carbocycles. The number of nitrogens with one attached hydrogen (secondary N) is 2. The first-order chi connectivity index (χ1) is 13.8. The fourth-order valence-corrected chi connectivity index (χ4v) is 3.97. The van der Waals surface area contributed by atoms with Crippen molar-refractivity contribution in [3.8, 4) is 11.1 Å². The van der Waals surface area contributed by atoms with Gasteiger partial charge in [-0.05, 0) is 74.4 Å². The second-order valence-corrected chi connectivity index (χ2v) is 7.36. The first-order valence-electron chi connectivity index (χ1n) is 10.0. The molecule has 2 N–H and O–H groups in total. The molecule has 1 aliphatic rings. The zero-order valence-corrected chi connectivity index (χ0v) is 16.5. The molecule has 0 aliphatic heterocycles. The standard InChI is InChI=1S/C13H20N2.C11H9NO/c1-14-10-11-2-4-12(5-3-11)13-6-8-15-9-7-13;13-8-10-6-12-7-11(10)9-4-2-1-3-5-9/h6-9,11-12,14H,2-5,10H2,1H3;1-8,12H. The lowest BCUT2D eigenvalue weighted by molar-refractivity contribution is 0.112. The van der Waals surface area contributed by atoms with E-state index < -0.39 is 0 Å². The highest BCUT2D eigenvalue weighted by atomic mass is 16.1. The number of benzene rings is 1. The molecule has 4 rings (SSSR count). The Morgan fingerprint density at radius 3 is 2.39 bits per heavy atom. The third-order valence-corrected chi connectivity index (χ3v) is 5.51.